The Balaban J connectivity index is 1.63. The van der Waals surface area contributed by atoms with Crippen molar-refractivity contribution in [2.75, 3.05) is 25.5 Å². The Labute approximate surface area is 178 Å². The van der Waals surface area contributed by atoms with Crippen LogP contribution in [0.1, 0.15) is 32.6 Å². The zero-order valence-corrected chi connectivity index (χ0v) is 18.2. The van der Waals surface area contributed by atoms with Gasteiger partial charge in [0.2, 0.25) is 10.0 Å². The first-order valence-electron chi connectivity index (χ1n) is 10.2. The van der Waals surface area contributed by atoms with Gasteiger partial charge >= 0.3 is 0 Å². The van der Waals surface area contributed by atoms with Crippen LogP contribution < -0.4 is 14.8 Å². The number of carbonyl (C=O) groups excluding carboxylic acids is 1. The molecule has 0 unspecified atom stereocenters. The van der Waals surface area contributed by atoms with Gasteiger partial charge < -0.3 is 14.8 Å². The lowest BCUT2D eigenvalue weighted by Gasteiger charge is -2.26. The van der Waals surface area contributed by atoms with Crippen LogP contribution >= 0.6 is 0 Å². The first-order chi connectivity index (χ1) is 14.4. The van der Waals surface area contributed by atoms with Gasteiger partial charge in [-0.25, -0.2) is 8.42 Å². The number of methoxy groups -OCH3 is 1. The third kappa shape index (κ3) is 5.31. The first kappa shape index (κ1) is 22.1. The largest absolute Gasteiger partial charge is 0.497 e. The van der Waals surface area contributed by atoms with Gasteiger partial charge in [-0.3, -0.25) is 4.79 Å². The molecule has 2 aromatic rings. The lowest BCUT2D eigenvalue weighted by Crippen LogP contribution is -2.35. The average Bonchev–Trinajstić information content (AvgIpc) is 2.78. The van der Waals surface area contributed by atoms with Crippen molar-refractivity contribution in [3.05, 3.63) is 48.5 Å². The van der Waals surface area contributed by atoms with Gasteiger partial charge in [0.25, 0.3) is 5.91 Å². The van der Waals surface area contributed by atoms with E-state index in [4.69, 9.17) is 9.47 Å². The summed E-state index contributed by atoms with van der Waals surface area (Å²) in [6.45, 7) is 2.98. The third-order valence-electron chi connectivity index (χ3n) is 5.08. The Hall–Kier alpha value is -2.58. The minimum Gasteiger partial charge on any atom is -0.497 e. The second kappa shape index (κ2) is 9.95. The Morgan fingerprint density at radius 2 is 1.60 bits per heavy atom. The number of hydrogen-bond donors (Lipinski definition) is 1. The van der Waals surface area contributed by atoms with Crippen LogP contribution in [-0.2, 0) is 14.8 Å². The highest BCUT2D eigenvalue weighted by Crippen LogP contribution is 2.23. The molecular formula is C22H28N2O5S. The molecule has 162 valence electrons. The van der Waals surface area contributed by atoms with Crippen LogP contribution in [-0.4, -0.2) is 44.9 Å². The van der Waals surface area contributed by atoms with Crippen molar-refractivity contribution in [1.82, 2.24) is 4.31 Å². The standard InChI is InChI=1S/C22H28N2O5S/c1-3-21(29-19-11-9-18(28-2)10-12-19)22(25)23-17-7-13-20(14-8-17)30(26,27)24-15-5-4-6-16-24/h7-14,21H,3-6,15-16H2,1-2H3,(H,23,25)/t21-/m0/s1. The van der Waals surface area contributed by atoms with Crippen LogP contribution in [0.4, 0.5) is 5.69 Å². The summed E-state index contributed by atoms with van der Waals surface area (Å²) in [5, 5.41) is 2.80. The molecule has 1 heterocycles. The number of nitrogens with one attached hydrogen (secondary N) is 1. The fraction of sp³-hybridized carbons (Fsp3) is 0.409. The maximum absolute atomic E-state index is 12.7. The zero-order chi connectivity index (χ0) is 21.6. The highest BCUT2D eigenvalue weighted by Gasteiger charge is 2.26. The minimum atomic E-state index is -3.49. The van der Waals surface area contributed by atoms with Crippen LogP contribution in [0.5, 0.6) is 11.5 Å². The Kier molecular flexibility index (Phi) is 7.33. The van der Waals surface area contributed by atoms with Gasteiger partial charge in [0.15, 0.2) is 6.10 Å². The first-order valence-corrected chi connectivity index (χ1v) is 11.6. The molecule has 2 aromatic carbocycles. The Morgan fingerprint density at radius 3 is 2.17 bits per heavy atom. The van der Waals surface area contributed by atoms with Gasteiger partial charge in [-0.2, -0.15) is 4.31 Å². The molecule has 1 saturated heterocycles. The Morgan fingerprint density at radius 1 is 1.00 bits per heavy atom. The minimum absolute atomic E-state index is 0.240. The smallest absolute Gasteiger partial charge is 0.265 e. The maximum Gasteiger partial charge on any atom is 0.265 e. The van der Waals surface area contributed by atoms with Crippen molar-refractivity contribution >= 4 is 21.6 Å². The van der Waals surface area contributed by atoms with Crippen molar-refractivity contribution in [2.45, 2.75) is 43.6 Å². The molecule has 1 atom stereocenters. The Bertz CT molecular complexity index is 936. The molecule has 0 bridgehead atoms. The topological polar surface area (TPSA) is 84.9 Å². The molecule has 1 amide bonds. The molecule has 0 saturated carbocycles. The van der Waals surface area contributed by atoms with Gasteiger partial charge in [-0.05, 0) is 67.8 Å². The number of benzene rings is 2. The van der Waals surface area contributed by atoms with Gasteiger partial charge in [0.05, 0.1) is 12.0 Å². The number of carbonyl (C=O) groups is 1. The van der Waals surface area contributed by atoms with E-state index in [1.807, 2.05) is 6.92 Å². The van der Waals surface area contributed by atoms with Crippen LogP contribution in [0.25, 0.3) is 0 Å². The molecule has 1 aliphatic rings. The number of amides is 1. The van der Waals surface area contributed by atoms with Gasteiger partial charge in [-0.15, -0.1) is 0 Å². The molecule has 7 nitrogen and oxygen atoms in total. The molecule has 1 fully saturated rings. The molecule has 0 radical (unpaired) electrons. The van der Waals surface area contributed by atoms with Gasteiger partial charge in [-0.1, -0.05) is 13.3 Å². The summed E-state index contributed by atoms with van der Waals surface area (Å²) in [5.41, 5.74) is 0.523. The molecule has 0 aliphatic carbocycles. The summed E-state index contributed by atoms with van der Waals surface area (Å²) in [6.07, 6.45) is 2.66. The van der Waals surface area contributed by atoms with E-state index in [1.54, 1.807) is 43.5 Å². The SMILES string of the molecule is CC[C@H](Oc1ccc(OC)cc1)C(=O)Nc1ccc(S(=O)(=O)N2CCCCC2)cc1. The number of sulfonamides is 1. The summed E-state index contributed by atoms with van der Waals surface area (Å²) < 4.78 is 37.9. The summed E-state index contributed by atoms with van der Waals surface area (Å²) in [6, 6.07) is 13.3. The van der Waals surface area contributed by atoms with E-state index in [2.05, 4.69) is 5.32 Å². The molecule has 3 rings (SSSR count). The lowest BCUT2D eigenvalue weighted by molar-refractivity contribution is -0.122. The van der Waals surface area contributed by atoms with E-state index in [9.17, 15) is 13.2 Å². The van der Waals surface area contributed by atoms with E-state index in [1.165, 1.54) is 16.4 Å². The van der Waals surface area contributed by atoms with Gasteiger partial charge in [0, 0.05) is 18.8 Å². The second-order valence-corrected chi connectivity index (χ2v) is 9.11. The lowest BCUT2D eigenvalue weighted by atomic mass is 10.2. The van der Waals surface area contributed by atoms with Crippen molar-refractivity contribution < 1.29 is 22.7 Å². The van der Waals surface area contributed by atoms with Crippen molar-refractivity contribution in [3.63, 3.8) is 0 Å². The number of nitrogens with zero attached hydrogens (tertiary/aromatic N) is 1. The molecular weight excluding hydrogens is 404 g/mol. The third-order valence-corrected chi connectivity index (χ3v) is 6.99. The zero-order valence-electron chi connectivity index (χ0n) is 17.3. The van der Waals surface area contributed by atoms with Crippen molar-refractivity contribution in [1.29, 1.82) is 0 Å². The normalized spacial score (nSPS) is 15.9. The quantitative estimate of drug-likeness (QED) is 0.688. The van der Waals surface area contributed by atoms with E-state index >= 15 is 0 Å². The maximum atomic E-state index is 12.7. The van der Waals surface area contributed by atoms with Gasteiger partial charge in [0.1, 0.15) is 11.5 Å². The second-order valence-electron chi connectivity index (χ2n) is 7.17. The fourth-order valence-corrected chi connectivity index (χ4v) is 4.85. The number of anilines is 1. The highest BCUT2D eigenvalue weighted by molar-refractivity contribution is 7.89. The molecule has 0 spiro atoms. The summed E-state index contributed by atoms with van der Waals surface area (Å²) in [4.78, 5) is 12.9. The number of ether oxygens (including phenoxy) is 2. The van der Waals surface area contributed by atoms with Crippen LogP contribution in [0, 0.1) is 0 Å². The van der Waals surface area contributed by atoms with Crippen molar-refractivity contribution in [3.8, 4) is 11.5 Å². The van der Waals surface area contributed by atoms with E-state index in [0.29, 0.717) is 36.7 Å². The average molecular weight is 433 g/mol. The number of hydrogen-bond acceptors (Lipinski definition) is 5. The van der Waals surface area contributed by atoms with Crippen LogP contribution in [0.2, 0.25) is 0 Å². The summed E-state index contributed by atoms with van der Waals surface area (Å²) in [5.74, 6) is 0.986. The highest BCUT2D eigenvalue weighted by atomic mass is 32.2. The van der Waals surface area contributed by atoms with E-state index < -0.39 is 16.1 Å². The molecule has 1 aliphatic heterocycles. The summed E-state index contributed by atoms with van der Waals surface area (Å²) >= 11 is 0. The van der Waals surface area contributed by atoms with E-state index in [0.717, 1.165) is 19.3 Å². The molecule has 30 heavy (non-hydrogen) atoms. The number of rotatable bonds is 8. The molecule has 1 N–H and O–H groups in total. The molecule has 8 heteroatoms. The van der Waals surface area contributed by atoms with E-state index in [-0.39, 0.29) is 10.8 Å². The number of piperidine rings is 1. The predicted molar refractivity (Wildman–Crippen MR) is 115 cm³/mol. The molecule has 0 aromatic heterocycles. The monoisotopic (exact) mass is 432 g/mol. The van der Waals surface area contributed by atoms with Crippen LogP contribution in [0.15, 0.2) is 53.4 Å². The predicted octanol–water partition coefficient (Wildman–Crippen LogP) is 3.67. The summed E-state index contributed by atoms with van der Waals surface area (Å²) in [7, 11) is -1.90. The van der Waals surface area contributed by atoms with Crippen molar-refractivity contribution in [2.24, 2.45) is 0 Å². The van der Waals surface area contributed by atoms with Crippen LogP contribution in [0.3, 0.4) is 0 Å². The fourth-order valence-electron chi connectivity index (χ4n) is 3.33.